The van der Waals surface area contributed by atoms with Gasteiger partial charge in [-0.3, -0.25) is 4.68 Å². The van der Waals surface area contributed by atoms with Gasteiger partial charge in [-0.05, 0) is 31.5 Å². The van der Waals surface area contributed by atoms with Gasteiger partial charge in [0.25, 0.3) is 0 Å². The Labute approximate surface area is 117 Å². The monoisotopic (exact) mass is 274 g/mol. The molecule has 0 aliphatic heterocycles. The fraction of sp³-hybridized carbons (Fsp3) is 0.286. The van der Waals surface area contributed by atoms with Crippen LogP contribution >= 0.6 is 11.6 Å². The summed E-state index contributed by atoms with van der Waals surface area (Å²) in [6.07, 6.45) is 1.90. The van der Waals surface area contributed by atoms with Crippen LogP contribution in [0, 0.1) is 18.3 Å². The summed E-state index contributed by atoms with van der Waals surface area (Å²) < 4.78 is 1.83. The SMILES string of the molecule is Cc1c(-c2ccn(C(C)CN)n2)ccc(C#N)c1Cl. The van der Waals surface area contributed by atoms with Crippen molar-refractivity contribution in [2.24, 2.45) is 5.73 Å². The zero-order valence-corrected chi connectivity index (χ0v) is 11.6. The average Bonchev–Trinajstić information content (AvgIpc) is 2.90. The van der Waals surface area contributed by atoms with Crippen molar-refractivity contribution in [1.82, 2.24) is 9.78 Å². The van der Waals surface area contributed by atoms with Crippen molar-refractivity contribution in [3.05, 3.63) is 40.5 Å². The Morgan fingerprint density at radius 3 is 2.84 bits per heavy atom. The molecule has 19 heavy (non-hydrogen) atoms. The van der Waals surface area contributed by atoms with E-state index in [1.165, 1.54) is 0 Å². The Kier molecular flexibility index (Phi) is 3.89. The van der Waals surface area contributed by atoms with Gasteiger partial charge in [-0.1, -0.05) is 17.7 Å². The minimum absolute atomic E-state index is 0.155. The summed E-state index contributed by atoms with van der Waals surface area (Å²) in [5.41, 5.74) is 8.75. The predicted molar refractivity (Wildman–Crippen MR) is 75.9 cm³/mol. The number of hydrogen-bond donors (Lipinski definition) is 1. The molecule has 0 aliphatic rings. The van der Waals surface area contributed by atoms with Crippen molar-refractivity contribution >= 4 is 11.6 Å². The van der Waals surface area contributed by atoms with Crippen LogP contribution in [0.3, 0.4) is 0 Å². The van der Waals surface area contributed by atoms with Crippen LogP contribution in [0.15, 0.2) is 24.4 Å². The Bertz CT molecular complexity index is 639. The number of hydrogen-bond acceptors (Lipinski definition) is 3. The van der Waals surface area contributed by atoms with Gasteiger partial charge in [-0.2, -0.15) is 10.4 Å². The lowest BCUT2D eigenvalue weighted by Crippen LogP contribution is -2.16. The van der Waals surface area contributed by atoms with Crippen LogP contribution in [0.5, 0.6) is 0 Å². The number of halogens is 1. The lowest BCUT2D eigenvalue weighted by atomic mass is 10.0. The van der Waals surface area contributed by atoms with Crippen LogP contribution in [0.1, 0.15) is 24.1 Å². The third kappa shape index (κ3) is 2.48. The first kappa shape index (κ1) is 13.6. The number of aromatic nitrogens is 2. The Hall–Kier alpha value is -1.83. The van der Waals surface area contributed by atoms with Crippen LogP contribution in [-0.2, 0) is 0 Å². The molecule has 2 rings (SSSR count). The number of rotatable bonds is 3. The first-order valence-electron chi connectivity index (χ1n) is 6.03. The highest BCUT2D eigenvalue weighted by atomic mass is 35.5. The molecule has 4 nitrogen and oxygen atoms in total. The van der Waals surface area contributed by atoms with Gasteiger partial charge in [0.05, 0.1) is 22.3 Å². The summed E-state index contributed by atoms with van der Waals surface area (Å²) in [4.78, 5) is 0. The second-order valence-electron chi connectivity index (χ2n) is 4.48. The van der Waals surface area contributed by atoms with Crippen LogP contribution in [0.4, 0.5) is 0 Å². The van der Waals surface area contributed by atoms with E-state index in [2.05, 4.69) is 11.2 Å². The lowest BCUT2D eigenvalue weighted by molar-refractivity contribution is 0.502. The van der Waals surface area contributed by atoms with E-state index in [-0.39, 0.29) is 6.04 Å². The molecule has 0 saturated carbocycles. The summed E-state index contributed by atoms with van der Waals surface area (Å²) >= 11 is 6.17. The molecule has 2 aromatic rings. The van der Waals surface area contributed by atoms with E-state index in [0.717, 1.165) is 16.8 Å². The summed E-state index contributed by atoms with van der Waals surface area (Å²) in [5.74, 6) is 0. The number of nitrogens with two attached hydrogens (primary N) is 1. The molecule has 1 aromatic heterocycles. The fourth-order valence-electron chi connectivity index (χ4n) is 1.88. The minimum atomic E-state index is 0.155. The number of benzene rings is 1. The molecule has 1 atom stereocenters. The molecule has 98 valence electrons. The summed E-state index contributed by atoms with van der Waals surface area (Å²) in [5, 5.41) is 13.9. The average molecular weight is 275 g/mol. The standard InChI is InChI=1S/C14H15ClN4/c1-9(7-16)19-6-5-13(18-19)12-4-3-11(8-17)14(15)10(12)2/h3-6,9H,7,16H2,1-2H3. The maximum absolute atomic E-state index is 8.95. The van der Waals surface area contributed by atoms with Crippen LogP contribution in [0.25, 0.3) is 11.3 Å². The molecule has 0 amide bonds. The topological polar surface area (TPSA) is 67.6 Å². The Morgan fingerprint density at radius 2 is 2.21 bits per heavy atom. The third-order valence-electron chi connectivity index (χ3n) is 3.18. The van der Waals surface area contributed by atoms with Crippen LogP contribution in [0.2, 0.25) is 5.02 Å². The number of nitrogens with zero attached hydrogens (tertiary/aromatic N) is 3. The molecular formula is C14H15ClN4. The van der Waals surface area contributed by atoms with Crippen LogP contribution < -0.4 is 5.73 Å². The summed E-state index contributed by atoms with van der Waals surface area (Å²) in [7, 11) is 0. The largest absolute Gasteiger partial charge is 0.328 e. The molecule has 0 radical (unpaired) electrons. The van der Waals surface area contributed by atoms with E-state index < -0.39 is 0 Å². The van der Waals surface area contributed by atoms with Gasteiger partial charge in [0.1, 0.15) is 6.07 Å². The van der Waals surface area contributed by atoms with E-state index in [9.17, 15) is 0 Å². The highest BCUT2D eigenvalue weighted by Crippen LogP contribution is 2.30. The minimum Gasteiger partial charge on any atom is -0.328 e. The maximum atomic E-state index is 8.95. The molecule has 0 bridgehead atoms. The molecule has 1 unspecified atom stereocenters. The van der Waals surface area contributed by atoms with Gasteiger partial charge in [-0.15, -0.1) is 0 Å². The van der Waals surface area contributed by atoms with E-state index >= 15 is 0 Å². The first-order chi connectivity index (χ1) is 9.08. The highest BCUT2D eigenvalue weighted by Gasteiger charge is 2.12. The Balaban J connectivity index is 2.46. The van der Waals surface area contributed by atoms with E-state index in [1.54, 1.807) is 6.07 Å². The van der Waals surface area contributed by atoms with Gasteiger partial charge in [0.15, 0.2) is 0 Å². The van der Waals surface area contributed by atoms with E-state index in [4.69, 9.17) is 22.6 Å². The van der Waals surface area contributed by atoms with Crippen LogP contribution in [-0.4, -0.2) is 16.3 Å². The normalized spacial score (nSPS) is 12.2. The molecule has 1 heterocycles. The predicted octanol–water partition coefficient (Wildman–Crippen LogP) is 2.90. The molecule has 1 aromatic carbocycles. The maximum Gasteiger partial charge on any atom is 0.101 e. The van der Waals surface area contributed by atoms with Crippen molar-refractivity contribution in [1.29, 1.82) is 5.26 Å². The molecule has 0 saturated heterocycles. The van der Waals surface area contributed by atoms with Gasteiger partial charge in [-0.25, -0.2) is 0 Å². The summed E-state index contributed by atoms with van der Waals surface area (Å²) in [6.45, 7) is 4.44. The smallest absolute Gasteiger partial charge is 0.101 e. The molecular weight excluding hydrogens is 260 g/mol. The van der Waals surface area contributed by atoms with Crippen molar-refractivity contribution < 1.29 is 0 Å². The molecule has 2 N–H and O–H groups in total. The van der Waals surface area contributed by atoms with Gasteiger partial charge >= 0.3 is 0 Å². The molecule has 0 fully saturated rings. The molecule has 0 aliphatic carbocycles. The zero-order valence-electron chi connectivity index (χ0n) is 10.9. The lowest BCUT2D eigenvalue weighted by Gasteiger charge is -2.09. The molecule has 5 heteroatoms. The second kappa shape index (κ2) is 5.43. The third-order valence-corrected chi connectivity index (χ3v) is 3.67. The zero-order chi connectivity index (χ0) is 14.0. The number of nitriles is 1. The first-order valence-corrected chi connectivity index (χ1v) is 6.41. The van der Waals surface area contributed by atoms with Crippen molar-refractivity contribution in [3.63, 3.8) is 0 Å². The fourth-order valence-corrected chi connectivity index (χ4v) is 2.09. The van der Waals surface area contributed by atoms with Crippen molar-refractivity contribution in [2.45, 2.75) is 19.9 Å². The Morgan fingerprint density at radius 1 is 1.47 bits per heavy atom. The van der Waals surface area contributed by atoms with Gasteiger partial charge in [0.2, 0.25) is 0 Å². The van der Waals surface area contributed by atoms with Gasteiger partial charge in [0, 0.05) is 18.3 Å². The van der Waals surface area contributed by atoms with Crippen molar-refractivity contribution in [3.8, 4) is 17.3 Å². The molecule has 0 spiro atoms. The highest BCUT2D eigenvalue weighted by molar-refractivity contribution is 6.32. The quantitative estimate of drug-likeness (QED) is 0.936. The second-order valence-corrected chi connectivity index (χ2v) is 4.86. The van der Waals surface area contributed by atoms with Gasteiger partial charge < -0.3 is 5.73 Å². The summed E-state index contributed by atoms with van der Waals surface area (Å²) in [6, 6.07) is 7.75. The van der Waals surface area contributed by atoms with Crippen molar-refractivity contribution in [2.75, 3.05) is 6.54 Å². The van der Waals surface area contributed by atoms with E-state index in [0.29, 0.717) is 17.1 Å². The van der Waals surface area contributed by atoms with E-state index in [1.807, 2.05) is 36.9 Å².